The van der Waals surface area contributed by atoms with Gasteiger partial charge in [-0.25, -0.2) is 0 Å². The summed E-state index contributed by atoms with van der Waals surface area (Å²) in [4.78, 5) is 0. The number of aromatic amines is 1. The number of ether oxygens (including phenoxy) is 1. The average molecular weight is 310 g/mol. The summed E-state index contributed by atoms with van der Waals surface area (Å²) in [6, 6.07) is 8.89. The predicted molar refractivity (Wildman–Crippen MR) is 80.3 cm³/mol. The van der Waals surface area contributed by atoms with Crippen LogP contribution in [-0.4, -0.2) is 37.1 Å². The molecule has 0 unspecified atom stereocenters. The molecule has 1 aromatic heterocycles. The lowest BCUT2D eigenvalue weighted by Gasteiger charge is -2.17. The summed E-state index contributed by atoms with van der Waals surface area (Å²) in [6.45, 7) is 2.03. The first-order valence-electron chi connectivity index (χ1n) is 6.30. The van der Waals surface area contributed by atoms with Crippen molar-refractivity contribution in [1.29, 1.82) is 0 Å². The molecule has 114 valence electrons. The average Bonchev–Trinajstić information content (AvgIpc) is 2.83. The third-order valence-electron chi connectivity index (χ3n) is 2.89. The molecule has 2 aromatic rings. The van der Waals surface area contributed by atoms with Crippen LogP contribution < -0.4 is 9.46 Å². The standard InChI is InChI=1S/C13H18N4O3S/c1-10-7-13(15-14-10)16-21(18,19)17(2)9-11-5-4-6-12(8-11)20-3/h4-8H,9H2,1-3H3,(H2,14,15,16). The van der Waals surface area contributed by atoms with Crippen LogP contribution in [-0.2, 0) is 16.8 Å². The van der Waals surface area contributed by atoms with Gasteiger partial charge < -0.3 is 4.74 Å². The van der Waals surface area contributed by atoms with Crippen LogP contribution in [0, 0.1) is 6.92 Å². The number of nitrogens with one attached hydrogen (secondary N) is 2. The molecule has 0 saturated heterocycles. The van der Waals surface area contributed by atoms with E-state index in [1.807, 2.05) is 18.2 Å². The van der Waals surface area contributed by atoms with Gasteiger partial charge in [0.25, 0.3) is 0 Å². The molecule has 0 aliphatic heterocycles. The quantitative estimate of drug-likeness (QED) is 0.847. The Morgan fingerprint density at radius 1 is 1.38 bits per heavy atom. The molecular weight excluding hydrogens is 292 g/mol. The van der Waals surface area contributed by atoms with E-state index in [2.05, 4.69) is 14.9 Å². The molecule has 0 aliphatic rings. The predicted octanol–water partition coefficient (Wildman–Crippen LogP) is 1.52. The number of H-pyrrole nitrogens is 1. The Balaban J connectivity index is 2.09. The molecule has 0 bridgehead atoms. The number of rotatable bonds is 6. The molecule has 7 nitrogen and oxygen atoms in total. The number of anilines is 1. The third kappa shape index (κ3) is 3.96. The highest BCUT2D eigenvalue weighted by molar-refractivity contribution is 7.90. The molecule has 0 amide bonds. The number of nitrogens with zero attached hydrogens (tertiary/aromatic N) is 2. The van der Waals surface area contributed by atoms with Crippen molar-refractivity contribution in [3.8, 4) is 5.75 Å². The van der Waals surface area contributed by atoms with E-state index >= 15 is 0 Å². The molecule has 2 N–H and O–H groups in total. The Hall–Kier alpha value is -2.06. The van der Waals surface area contributed by atoms with Crippen molar-refractivity contribution in [3.63, 3.8) is 0 Å². The summed E-state index contributed by atoms with van der Waals surface area (Å²) < 4.78 is 33.1. The Bertz CT molecular complexity index is 712. The van der Waals surface area contributed by atoms with E-state index in [9.17, 15) is 8.42 Å². The lowest BCUT2D eigenvalue weighted by Crippen LogP contribution is -2.32. The number of hydrogen-bond donors (Lipinski definition) is 2. The zero-order chi connectivity index (χ0) is 15.5. The highest BCUT2D eigenvalue weighted by Gasteiger charge is 2.19. The Morgan fingerprint density at radius 2 is 2.14 bits per heavy atom. The van der Waals surface area contributed by atoms with Gasteiger partial charge in [-0.15, -0.1) is 0 Å². The van der Waals surface area contributed by atoms with Crippen molar-refractivity contribution in [2.24, 2.45) is 0 Å². The van der Waals surface area contributed by atoms with Gasteiger partial charge in [0.05, 0.1) is 7.11 Å². The van der Waals surface area contributed by atoms with Crippen LogP contribution in [0.2, 0.25) is 0 Å². The minimum absolute atomic E-state index is 0.232. The summed E-state index contributed by atoms with van der Waals surface area (Å²) in [5.74, 6) is 0.958. The lowest BCUT2D eigenvalue weighted by atomic mass is 10.2. The first-order chi connectivity index (χ1) is 9.90. The van der Waals surface area contributed by atoms with Gasteiger partial charge in [-0.2, -0.15) is 17.8 Å². The largest absolute Gasteiger partial charge is 0.497 e. The molecule has 1 aromatic carbocycles. The van der Waals surface area contributed by atoms with Gasteiger partial charge in [0, 0.05) is 25.4 Å². The van der Waals surface area contributed by atoms with Crippen molar-refractivity contribution < 1.29 is 13.2 Å². The van der Waals surface area contributed by atoms with Crippen LogP contribution in [0.4, 0.5) is 5.82 Å². The second kappa shape index (κ2) is 6.15. The molecule has 2 rings (SSSR count). The van der Waals surface area contributed by atoms with E-state index in [-0.39, 0.29) is 12.4 Å². The first-order valence-corrected chi connectivity index (χ1v) is 7.74. The van der Waals surface area contributed by atoms with E-state index < -0.39 is 10.2 Å². The number of methoxy groups -OCH3 is 1. The summed E-state index contributed by atoms with van der Waals surface area (Å²) in [7, 11) is -0.586. The van der Waals surface area contributed by atoms with Gasteiger partial charge >= 0.3 is 10.2 Å². The lowest BCUT2D eigenvalue weighted by molar-refractivity contribution is 0.412. The van der Waals surface area contributed by atoms with Crippen LogP contribution in [0.5, 0.6) is 5.75 Å². The summed E-state index contributed by atoms with van der Waals surface area (Å²) in [6.07, 6.45) is 0. The summed E-state index contributed by atoms with van der Waals surface area (Å²) in [5.41, 5.74) is 1.61. The molecular formula is C13H18N4O3S. The van der Waals surface area contributed by atoms with Gasteiger partial charge in [0.2, 0.25) is 0 Å². The van der Waals surface area contributed by atoms with Crippen LogP contribution in [0.15, 0.2) is 30.3 Å². The van der Waals surface area contributed by atoms with Crippen molar-refractivity contribution >= 4 is 16.0 Å². The Labute approximate surface area is 124 Å². The number of benzene rings is 1. The van der Waals surface area contributed by atoms with Crippen molar-refractivity contribution in [3.05, 3.63) is 41.6 Å². The second-order valence-electron chi connectivity index (χ2n) is 4.65. The maximum atomic E-state index is 12.2. The summed E-state index contributed by atoms with van der Waals surface area (Å²) in [5, 5.41) is 6.54. The SMILES string of the molecule is COc1cccc(CN(C)S(=O)(=O)Nc2cc(C)[nH]n2)c1. The van der Waals surface area contributed by atoms with Gasteiger partial charge in [0.15, 0.2) is 5.82 Å². The first kappa shape index (κ1) is 15.3. The molecule has 0 aliphatic carbocycles. The minimum Gasteiger partial charge on any atom is -0.497 e. The van der Waals surface area contributed by atoms with Crippen molar-refractivity contribution in [1.82, 2.24) is 14.5 Å². The highest BCUT2D eigenvalue weighted by Crippen LogP contribution is 2.16. The molecule has 8 heteroatoms. The Morgan fingerprint density at radius 3 is 2.76 bits per heavy atom. The highest BCUT2D eigenvalue weighted by atomic mass is 32.2. The van der Waals surface area contributed by atoms with E-state index in [1.165, 1.54) is 11.4 Å². The topological polar surface area (TPSA) is 87.3 Å². The molecule has 0 fully saturated rings. The maximum absolute atomic E-state index is 12.2. The van der Waals surface area contributed by atoms with Crippen molar-refractivity contribution in [2.45, 2.75) is 13.5 Å². The normalized spacial score (nSPS) is 11.6. The maximum Gasteiger partial charge on any atom is 0.302 e. The van der Waals surface area contributed by atoms with Crippen LogP contribution in [0.1, 0.15) is 11.3 Å². The molecule has 21 heavy (non-hydrogen) atoms. The fourth-order valence-electron chi connectivity index (χ4n) is 1.79. The fourth-order valence-corrected chi connectivity index (χ4v) is 2.64. The Kier molecular flexibility index (Phi) is 4.49. The van der Waals surface area contributed by atoms with Gasteiger partial charge in [-0.05, 0) is 24.6 Å². The smallest absolute Gasteiger partial charge is 0.302 e. The van der Waals surface area contributed by atoms with E-state index in [0.717, 1.165) is 11.3 Å². The molecule has 0 spiro atoms. The molecule has 0 radical (unpaired) electrons. The number of aromatic nitrogens is 2. The van der Waals surface area contributed by atoms with E-state index in [1.54, 1.807) is 26.2 Å². The monoisotopic (exact) mass is 310 g/mol. The number of aryl methyl sites for hydroxylation is 1. The molecule has 0 saturated carbocycles. The van der Waals surface area contributed by atoms with Crippen LogP contribution >= 0.6 is 0 Å². The van der Waals surface area contributed by atoms with Crippen LogP contribution in [0.25, 0.3) is 0 Å². The second-order valence-corrected chi connectivity index (χ2v) is 6.43. The number of hydrogen-bond acceptors (Lipinski definition) is 4. The third-order valence-corrected chi connectivity index (χ3v) is 4.31. The minimum atomic E-state index is -3.66. The molecule has 0 atom stereocenters. The fraction of sp³-hybridized carbons (Fsp3) is 0.308. The van der Waals surface area contributed by atoms with Gasteiger partial charge in [0.1, 0.15) is 5.75 Å². The van der Waals surface area contributed by atoms with Crippen molar-refractivity contribution in [2.75, 3.05) is 18.9 Å². The van der Waals surface area contributed by atoms with E-state index in [0.29, 0.717) is 5.75 Å². The van der Waals surface area contributed by atoms with E-state index in [4.69, 9.17) is 4.74 Å². The zero-order valence-corrected chi connectivity index (χ0v) is 12.9. The van der Waals surface area contributed by atoms with Crippen LogP contribution in [0.3, 0.4) is 0 Å². The summed E-state index contributed by atoms with van der Waals surface area (Å²) >= 11 is 0. The van der Waals surface area contributed by atoms with Gasteiger partial charge in [-0.1, -0.05) is 12.1 Å². The van der Waals surface area contributed by atoms with Gasteiger partial charge in [-0.3, -0.25) is 9.82 Å². The molecule has 1 heterocycles. The zero-order valence-electron chi connectivity index (χ0n) is 12.1.